The summed E-state index contributed by atoms with van der Waals surface area (Å²) in [5, 5.41) is 22.0. The van der Waals surface area contributed by atoms with Crippen molar-refractivity contribution in [1.29, 1.82) is 0 Å². The van der Waals surface area contributed by atoms with E-state index in [4.69, 9.17) is 17.9 Å². The predicted octanol–water partition coefficient (Wildman–Crippen LogP) is 35.4. The first-order valence-corrected chi connectivity index (χ1v) is 44.7. The lowest BCUT2D eigenvalue weighted by Crippen LogP contribution is -1.73. The van der Waals surface area contributed by atoms with Crippen LogP contribution in [0.3, 0.4) is 0 Å². The highest BCUT2D eigenvalue weighted by Gasteiger charge is 2.03. The Balaban J connectivity index is -0.000000175. The van der Waals surface area contributed by atoms with E-state index < -0.39 is 0 Å². The van der Waals surface area contributed by atoms with Crippen LogP contribution in [0.25, 0.3) is 84.7 Å². The molecular formula is C96H152N8O4S4. The van der Waals surface area contributed by atoms with E-state index in [1.165, 1.54) is 86.3 Å². The second kappa shape index (κ2) is 84.6. The Morgan fingerprint density at radius 2 is 0.679 bits per heavy atom. The molecule has 0 aliphatic heterocycles. The van der Waals surface area contributed by atoms with Gasteiger partial charge in [-0.05, 0) is 194 Å². The van der Waals surface area contributed by atoms with E-state index in [2.05, 4.69) is 139 Å². The maximum Gasteiger partial charge on any atom is 0.187 e. The number of aromatic nitrogens is 8. The Morgan fingerprint density at radius 1 is 0.268 bits per heavy atom. The monoisotopic (exact) mass is 1610 g/mol. The summed E-state index contributed by atoms with van der Waals surface area (Å²) in [6, 6.07) is 52.8. The fourth-order valence-electron chi connectivity index (χ4n) is 8.30. The number of hydrogen-bond acceptors (Lipinski definition) is 16. The summed E-state index contributed by atoms with van der Waals surface area (Å²) in [4.78, 5) is 8.29. The minimum Gasteiger partial charge on any atom is -0.464 e. The van der Waals surface area contributed by atoms with Gasteiger partial charge in [0.05, 0.1) is 37.6 Å². The van der Waals surface area contributed by atoms with Crippen molar-refractivity contribution in [2.24, 2.45) is 0 Å². The van der Waals surface area contributed by atoms with E-state index in [-0.39, 0.29) is 0 Å². The summed E-state index contributed by atoms with van der Waals surface area (Å²) in [5.41, 5.74) is 19.2. The maximum absolute atomic E-state index is 5.20. The molecule has 8 aromatic heterocycles. The summed E-state index contributed by atoms with van der Waals surface area (Å²) >= 11 is 6.48. The molecule has 0 saturated heterocycles. The Morgan fingerprint density at radius 3 is 1.14 bits per heavy atom. The first-order valence-electron chi connectivity index (χ1n) is 41.4. The van der Waals surface area contributed by atoms with Crippen molar-refractivity contribution in [2.75, 3.05) is 0 Å². The van der Waals surface area contributed by atoms with Crippen molar-refractivity contribution >= 4 is 130 Å². The molecule has 8 aromatic carbocycles. The predicted molar refractivity (Wildman–Crippen MR) is 514 cm³/mol. The number of aryl methyl sites for hydroxylation is 8. The van der Waals surface area contributed by atoms with Crippen LogP contribution in [0.2, 0.25) is 0 Å². The number of fused-ring (bicyclic) bond motifs is 8. The molecule has 624 valence electrons. The zero-order chi connectivity index (χ0) is 87.8. The van der Waals surface area contributed by atoms with Gasteiger partial charge in [-0.3, -0.25) is 0 Å². The third-order valence-corrected chi connectivity index (χ3v) is 15.9. The average Bonchev–Trinajstić information content (AvgIpc) is 1.82. The molecule has 0 radical (unpaired) electrons. The van der Waals surface area contributed by atoms with Crippen LogP contribution >= 0.6 is 45.7 Å². The molecule has 0 aliphatic rings. The minimum atomic E-state index is 0.750. The molecule has 16 aromatic rings. The summed E-state index contributed by atoms with van der Waals surface area (Å²) in [6.45, 7) is 80.5. The zero-order valence-electron chi connectivity index (χ0n) is 77.3. The zero-order valence-corrected chi connectivity index (χ0v) is 80.6. The van der Waals surface area contributed by atoms with Gasteiger partial charge in [0.15, 0.2) is 23.1 Å². The molecule has 0 amide bonds. The van der Waals surface area contributed by atoms with Crippen molar-refractivity contribution < 1.29 is 17.9 Å². The van der Waals surface area contributed by atoms with Gasteiger partial charge in [0.1, 0.15) is 22.1 Å². The lowest BCUT2D eigenvalue weighted by atomic mass is 10.1. The van der Waals surface area contributed by atoms with Crippen LogP contribution in [-0.4, -0.2) is 39.5 Å². The first-order chi connectivity index (χ1) is 55.0. The van der Waals surface area contributed by atoms with E-state index in [9.17, 15) is 0 Å². The van der Waals surface area contributed by atoms with Crippen molar-refractivity contribution in [3.05, 3.63) is 238 Å². The first kappa shape index (κ1) is 119. The van der Waals surface area contributed by atoms with Crippen LogP contribution in [-0.2, 0) is 0 Å². The summed E-state index contributed by atoms with van der Waals surface area (Å²) < 4.78 is 33.1. The minimum absolute atomic E-state index is 0.750. The quantitative estimate of drug-likeness (QED) is 0.142. The van der Waals surface area contributed by atoms with E-state index in [0.717, 1.165) is 60.9 Å². The third kappa shape index (κ3) is 44.4. The van der Waals surface area contributed by atoms with Crippen molar-refractivity contribution in [2.45, 2.75) is 277 Å². The largest absolute Gasteiger partial charge is 0.464 e. The molecule has 12 nitrogen and oxygen atoms in total. The van der Waals surface area contributed by atoms with Crippen LogP contribution in [0.4, 0.5) is 0 Å². The molecule has 112 heavy (non-hydrogen) atoms. The lowest BCUT2D eigenvalue weighted by Gasteiger charge is -1.91. The highest BCUT2D eigenvalue weighted by atomic mass is 32.1. The number of thiazole rings is 1. The summed E-state index contributed by atoms with van der Waals surface area (Å²) in [6.07, 6.45) is 6.86. The molecule has 0 unspecified atom stereocenters. The Bertz CT molecular complexity index is 3690. The Kier molecular flexibility index (Phi) is 89.9. The fraction of sp³-hybridized carbons (Fsp3) is 0.417. The molecule has 16 rings (SSSR count). The van der Waals surface area contributed by atoms with Gasteiger partial charge in [-0.1, -0.05) is 328 Å². The highest BCUT2D eigenvalue weighted by Crippen LogP contribution is 2.25. The van der Waals surface area contributed by atoms with E-state index in [1.54, 1.807) is 46.7 Å². The van der Waals surface area contributed by atoms with Crippen LogP contribution < -0.4 is 0 Å². The Hall–Kier alpha value is -8.80. The number of rotatable bonds is 0. The van der Waals surface area contributed by atoms with Gasteiger partial charge in [-0.25, -0.2) is 9.97 Å². The average molecular weight is 1610 g/mol. The van der Waals surface area contributed by atoms with Crippen LogP contribution in [0.5, 0.6) is 0 Å². The normalized spacial score (nSPS) is 8.36. The number of nitrogens with zero attached hydrogens (tertiary/aromatic N) is 8. The SMILES string of the molecule is CC.CC.CC.CC.CC.CC.CC.CC.CC.CC.CC.CC.CC.CC.CC.CC.Cc1cccc2occc12.Cc1cccc2ocnc12.Cc1cccc2oncc12.Cc1cccc2onnc12.Cc1cccc2sccc12.Cc1cccc2scnc12.Cc1cccc2sncc12.Cc1cccc2snnc12. The molecular weight excluding hydrogens is 1460 g/mol. The summed E-state index contributed by atoms with van der Waals surface area (Å²) in [5.74, 6) is 0. The number of benzene rings is 8. The van der Waals surface area contributed by atoms with Gasteiger partial charge in [0.25, 0.3) is 0 Å². The van der Waals surface area contributed by atoms with Gasteiger partial charge in [0, 0.05) is 32.3 Å². The maximum atomic E-state index is 5.20. The Labute approximate surface area is 698 Å². The van der Waals surface area contributed by atoms with Crippen molar-refractivity contribution in [3.8, 4) is 0 Å². The van der Waals surface area contributed by atoms with E-state index in [0.29, 0.717) is 0 Å². The number of para-hydroxylation sites is 2. The van der Waals surface area contributed by atoms with Gasteiger partial charge >= 0.3 is 0 Å². The van der Waals surface area contributed by atoms with E-state index >= 15 is 0 Å². The highest BCUT2D eigenvalue weighted by molar-refractivity contribution is 7.17. The molecule has 0 aliphatic carbocycles. The van der Waals surface area contributed by atoms with Gasteiger partial charge in [0.2, 0.25) is 0 Å². The van der Waals surface area contributed by atoms with Gasteiger partial charge < -0.3 is 17.9 Å². The number of oxazole rings is 1. The number of thiophene rings is 1. The lowest BCUT2D eigenvalue weighted by molar-refractivity contribution is 0.424. The number of furan rings is 1. The molecule has 8 heterocycles. The third-order valence-electron chi connectivity index (χ3n) is 12.7. The smallest absolute Gasteiger partial charge is 0.187 e. The van der Waals surface area contributed by atoms with Gasteiger partial charge in [-0.15, -0.1) is 32.9 Å². The number of hydrogen-bond donors (Lipinski definition) is 0. The van der Waals surface area contributed by atoms with Crippen molar-refractivity contribution in [1.82, 2.24) is 39.5 Å². The molecule has 0 fully saturated rings. The standard InChI is InChI=1S/C9H8O.C9H8S.2C8H7NO.2C8H7NS.C7H6N2O.C7H6N2S.16C2H6/c2*1-7-3-2-4-9-8(7)5-6-10-9;1-6-3-2-4-8-7(6)5-9-10-8;1-6-3-2-4-7-8(6)9-5-10-7;1-6-3-2-4-8-7(6)5-9-10-8;1-6-3-2-4-7-8(6)9-5-10-7;2*1-5-3-2-4-6-7(5)8-9-10-6;16*1-2/h2*2-6H,1H3;4*2-5H,1H3;2*2-4H,1H3;16*1-2H3. The van der Waals surface area contributed by atoms with Gasteiger partial charge in [-0.2, -0.15) is 4.37 Å². The second-order valence-electron chi connectivity index (χ2n) is 18.4. The van der Waals surface area contributed by atoms with Crippen LogP contribution in [0, 0.1) is 55.4 Å². The topological polar surface area (TPSA) is 156 Å². The van der Waals surface area contributed by atoms with Crippen molar-refractivity contribution in [3.63, 3.8) is 0 Å². The summed E-state index contributed by atoms with van der Waals surface area (Å²) in [7, 11) is 0. The molecule has 0 bridgehead atoms. The molecule has 0 N–H and O–H groups in total. The second-order valence-corrected chi connectivity index (χ2v) is 21.8. The van der Waals surface area contributed by atoms with Crippen LogP contribution in [0.1, 0.15) is 266 Å². The molecule has 16 heteroatoms. The fourth-order valence-corrected chi connectivity index (χ4v) is 11.3. The molecule has 0 saturated carbocycles. The molecule has 0 atom stereocenters. The van der Waals surface area contributed by atoms with E-state index in [1.807, 2.05) is 352 Å². The molecule has 0 spiro atoms. The van der Waals surface area contributed by atoms with Crippen LogP contribution in [0.15, 0.2) is 212 Å².